The first-order chi connectivity index (χ1) is 45.6. The summed E-state index contributed by atoms with van der Waals surface area (Å²) in [6, 6.07) is -1.08. The molecule has 32 heteroatoms. The summed E-state index contributed by atoms with van der Waals surface area (Å²) in [5, 5.41) is 10.8. The van der Waals surface area contributed by atoms with Gasteiger partial charge >= 0.3 is 36.2 Å². The van der Waals surface area contributed by atoms with Crippen LogP contribution in [0.25, 0.3) is 0 Å². The standard InChI is InChI=1S/2C11H23NO3.C10H20O4.C9H18O4.C9H18O3.C7H14O3.C6H13NO4S.C5H12N2O2/c2*1-8(2)9(12)10(13)14-6-7-15-11(3,4)5;1-7(2)12-6-9(5)14-10(11)13-8(3)4;1-5-11-9(10)13-8(4)6-12-7(2)3;1-7(2)9(10)12-6-5-11-8(3)4;1-4-9-7(8)5-10-6(2)3;1-5(2)11-4-6(8)7-12(3,9)10;1-4(2)9-3-5(6)7-8/h2*8-9H,6-7,12H2,1-5H3;7-9H,6H2,1-5H3;7-8H,5-6H2,1-4H3;7-8H,5-6H2,1-4H3;6H,4-5H2,1-3H3;5H,4H2,1-3H3,(H,7,8);4,8H,3H2,1-2H3,(H2,6,7). The number of ether oxygens (including phenoxy) is 16. The van der Waals surface area contributed by atoms with Gasteiger partial charge in [0.05, 0.1) is 112 Å². The van der Waals surface area contributed by atoms with E-state index in [4.69, 9.17) is 88.7 Å². The van der Waals surface area contributed by atoms with Crippen molar-refractivity contribution in [1.82, 2.24) is 4.72 Å². The molecule has 31 nitrogen and oxygen atoms in total. The highest BCUT2D eigenvalue weighted by Crippen LogP contribution is 2.09. The lowest BCUT2D eigenvalue weighted by atomic mass is 10.1. The highest BCUT2D eigenvalue weighted by atomic mass is 32.2. The highest BCUT2D eigenvalue weighted by molar-refractivity contribution is 7.89. The summed E-state index contributed by atoms with van der Waals surface area (Å²) in [4.78, 5) is 76.7. The summed E-state index contributed by atoms with van der Waals surface area (Å²) < 4.78 is 103. The average Bonchev–Trinajstić information content (AvgIpc) is 1.04. The highest BCUT2D eigenvalue weighted by Gasteiger charge is 2.21. The molecule has 0 aliphatic rings. The molecule has 1 amide bonds. The van der Waals surface area contributed by atoms with Crippen LogP contribution in [0.5, 0.6) is 0 Å². The Morgan fingerprint density at radius 1 is 0.430 bits per heavy atom. The number of hydrogen-bond donors (Lipinski definition) is 5. The molecule has 0 rings (SSSR count). The van der Waals surface area contributed by atoms with Crippen molar-refractivity contribution in [3.8, 4) is 0 Å². The number of nitrogens with two attached hydrogens (primary N) is 3. The fourth-order valence-electron chi connectivity index (χ4n) is 4.93. The van der Waals surface area contributed by atoms with Crippen LogP contribution < -0.4 is 21.9 Å². The summed E-state index contributed by atoms with van der Waals surface area (Å²) >= 11 is 0. The molecule has 0 aromatic heterocycles. The molecule has 0 spiro atoms. The van der Waals surface area contributed by atoms with Gasteiger partial charge in [0.1, 0.15) is 63.9 Å². The first-order valence-corrected chi connectivity index (χ1v) is 35.8. The molecule has 0 heterocycles. The second-order valence-electron chi connectivity index (χ2n) is 26.5. The maximum Gasteiger partial charge on any atom is 0.508 e. The summed E-state index contributed by atoms with van der Waals surface area (Å²) in [5.74, 6) is -1.58. The van der Waals surface area contributed by atoms with Crippen LogP contribution in [0.4, 0.5) is 9.59 Å². The number of sulfonamides is 1. The predicted octanol–water partition coefficient (Wildman–Crippen LogP) is 9.22. The SMILES string of the molecule is CC(C)C(N)C(=O)OCCOC(C)(C)C.CC(C)C(N)C(=O)OCCOC(C)(C)C.CC(C)OC/C(N)=N/O.CC(C)OCC(=O)NS(C)(=O)=O.CC(C)OCC(C)OC(=O)OC(C)C.CC(C)OCCOC(=O)C(C)C.CCOC(=O)COC(C)C.CCOC(=O)OC(C)COC(C)C. The second-order valence-corrected chi connectivity index (χ2v) is 28.3. The maximum absolute atomic E-state index is 11.3. The molecule has 4 atom stereocenters. The van der Waals surface area contributed by atoms with E-state index >= 15 is 0 Å². The Balaban J connectivity index is -0.000000162. The number of nitrogens with zero attached hydrogens (tertiary/aromatic N) is 1. The summed E-state index contributed by atoms with van der Waals surface area (Å²) in [5.41, 5.74) is 15.9. The first-order valence-electron chi connectivity index (χ1n) is 33.9. The van der Waals surface area contributed by atoms with E-state index in [9.17, 15) is 42.0 Å². The van der Waals surface area contributed by atoms with Crippen molar-refractivity contribution in [2.75, 3.05) is 92.1 Å². The molecule has 0 aliphatic heterocycles. The third-order valence-corrected chi connectivity index (χ3v) is 10.5. The van der Waals surface area contributed by atoms with Crippen molar-refractivity contribution in [3.63, 3.8) is 0 Å². The maximum atomic E-state index is 11.3. The van der Waals surface area contributed by atoms with E-state index in [-0.39, 0.29) is 147 Å². The molecule has 8 N–H and O–H groups in total. The molecule has 100 heavy (non-hydrogen) atoms. The number of oxime groups is 1. The van der Waals surface area contributed by atoms with Crippen molar-refractivity contribution in [3.05, 3.63) is 0 Å². The van der Waals surface area contributed by atoms with Gasteiger partial charge in [-0.1, -0.05) is 46.7 Å². The summed E-state index contributed by atoms with van der Waals surface area (Å²) in [6.07, 6.45) is -0.448. The average molecular weight is 1480 g/mol. The predicted molar refractivity (Wildman–Crippen MR) is 384 cm³/mol. The molecule has 0 aliphatic carbocycles. The molecular weight excluding hydrogens is 1330 g/mol. The van der Waals surface area contributed by atoms with E-state index in [0.29, 0.717) is 52.9 Å². The minimum absolute atomic E-state index is 0.0518. The van der Waals surface area contributed by atoms with Crippen LogP contribution in [-0.2, 0) is 110 Å². The molecule has 0 bridgehead atoms. The van der Waals surface area contributed by atoms with Crippen molar-refractivity contribution in [2.24, 2.45) is 40.1 Å². The lowest BCUT2D eigenvalue weighted by molar-refractivity contribution is -0.150. The Bertz CT molecular complexity index is 2120. The number of carbonyl (C=O) groups excluding carboxylic acids is 7. The van der Waals surface area contributed by atoms with Crippen LogP contribution in [0, 0.1) is 17.8 Å². The zero-order valence-electron chi connectivity index (χ0n) is 67.0. The van der Waals surface area contributed by atoms with Crippen LogP contribution in [0.2, 0.25) is 0 Å². The van der Waals surface area contributed by atoms with Gasteiger partial charge in [0.2, 0.25) is 10.0 Å². The lowest BCUT2D eigenvalue weighted by Crippen LogP contribution is -2.37. The van der Waals surface area contributed by atoms with E-state index < -0.39 is 40.3 Å². The minimum atomic E-state index is -3.45. The van der Waals surface area contributed by atoms with Crippen molar-refractivity contribution >= 4 is 58.0 Å². The zero-order valence-corrected chi connectivity index (χ0v) is 67.8. The van der Waals surface area contributed by atoms with E-state index in [1.54, 1.807) is 60.1 Å². The van der Waals surface area contributed by atoms with E-state index in [2.05, 4.69) is 14.6 Å². The van der Waals surface area contributed by atoms with E-state index in [1.807, 2.05) is 152 Å². The molecule has 0 saturated heterocycles. The Morgan fingerprint density at radius 3 is 1.08 bits per heavy atom. The molecule has 0 radical (unpaired) electrons. The fourth-order valence-corrected chi connectivity index (χ4v) is 5.40. The number of nitrogens with one attached hydrogen (secondary N) is 1. The number of hydrogen-bond acceptors (Lipinski definition) is 29. The second kappa shape index (κ2) is 66.9. The van der Waals surface area contributed by atoms with Gasteiger partial charge in [-0.05, 0) is 178 Å². The van der Waals surface area contributed by atoms with Crippen molar-refractivity contribution in [2.45, 2.75) is 286 Å². The van der Waals surface area contributed by atoms with Gasteiger partial charge in [-0.2, -0.15) is 0 Å². The summed E-state index contributed by atoms with van der Waals surface area (Å²) in [7, 11) is -3.45. The smallest absolute Gasteiger partial charge is 0.464 e. The number of amidine groups is 1. The van der Waals surface area contributed by atoms with Gasteiger partial charge < -0.3 is 98.2 Å². The first kappa shape index (κ1) is 111. The fraction of sp³-hybridized carbons (Fsp3) is 0.882. The van der Waals surface area contributed by atoms with Crippen LogP contribution in [0.3, 0.4) is 0 Å². The van der Waals surface area contributed by atoms with E-state index in [1.165, 1.54) is 0 Å². The lowest BCUT2D eigenvalue weighted by Gasteiger charge is -2.20. The van der Waals surface area contributed by atoms with Gasteiger partial charge in [0.25, 0.3) is 5.91 Å². The van der Waals surface area contributed by atoms with Gasteiger partial charge in [-0.15, -0.1) is 0 Å². The largest absolute Gasteiger partial charge is 0.508 e. The number of rotatable bonds is 36. The molecule has 600 valence electrons. The Hall–Kier alpha value is -5.29. The normalized spacial score (nSPS) is 12.5. The Morgan fingerprint density at radius 2 is 0.770 bits per heavy atom. The van der Waals surface area contributed by atoms with Gasteiger partial charge in [0, 0.05) is 0 Å². The third-order valence-electron chi connectivity index (χ3n) is 9.85. The van der Waals surface area contributed by atoms with Crippen LogP contribution in [0.1, 0.15) is 208 Å². The molecule has 4 unspecified atom stereocenters. The van der Waals surface area contributed by atoms with Gasteiger partial charge in [-0.25, -0.2) is 22.8 Å². The molecular formula is C68H141N5O26S. The number of amides is 1. The monoisotopic (exact) mass is 1480 g/mol. The Labute approximate surface area is 601 Å². The van der Waals surface area contributed by atoms with Crippen molar-refractivity contribution < 1.29 is 123 Å². The van der Waals surface area contributed by atoms with Crippen molar-refractivity contribution in [1.29, 1.82) is 0 Å². The number of esters is 4. The quantitative estimate of drug-likeness (QED) is 0.00741. The van der Waals surface area contributed by atoms with E-state index in [0.717, 1.165) is 6.26 Å². The van der Waals surface area contributed by atoms with Crippen LogP contribution >= 0.6 is 0 Å². The van der Waals surface area contributed by atoms with Gasteiger partial charge in [-0.3, -0.25) is 23.9 Å². The number of carbonyl (C=O) groups is 7. The Kier molecular flexibility index (Phi) is 74.0. The third kappa shape index (κ3) is 101. The minimum Gasteiger partial charge on any atom is -0.464 e. The van der Waals surface area contributed by atoms with Crippen LogP contribution in [0.15, 0.2) is 5.16 Å². The molecule has 0 aromatic rings. The zero-order chi connectivity index (χ0) is 80.1. The molecule has 0 aromatic carbocycles. The topological polar surface area (TPSA) is 424 Å². The molecule has 0 saturated carbocycles. The van der Waals surface area contributed by atoms with Gasteiger partial charge in [0.15, 0.2) is 5.84 Å². The molecule has 0 fully saturated rings. The summed E-state index contributed by atoms with van der Waals surface area (Å²) in [6.45, 7) is 59.8. The van der Waals surface area contributed by atoms with Crippen LogP contribution in [-0.4, -0.2) is 232 Å².